The number of halogens is 2. The highest BCUT2D eigenvalue weighted by atomic mass is 35.5. The number of esters is 2. The lowest BCUT2D eigenvalue weighted by atomic mass is 10.1. The standard InChI is InChI=1S/C20H19Cl2N3O5S/c1-25(8-10-5-4-6-12(21)16(10)22)9-13-23-18(27)15-11(7-14(26)29-2)17(20(28)30-3)31-19(15)24-13/h4-6H,7-9H2,1-3H3,(H,23,24,27). The molecule has 1 aromatic carbocycles. The molecule has 0 fully saturated rings. The van der Waals surface area contributed by atoms with Crippen molar-refractivity contribution in [1.29, 1.82) is 0 Å². The SMILES string of the molecule is COC(=O)Cc1c(C(=O)OC)sc2nc(CN(C)Cc3cccc(Cl)c3Cl)[nH]c(=O)c12. The minimum Gasteiger partial charge on any atom is -0.469 e. The van der Waals surface area contributed by atoms with Crippen molar-refractivity contribution in [3.8, 4) is 0 Å². The first-order chi connectivity index (χ1) is 14.7. The van der Waals surface area contributed by atoms with Crippen molar-refractivity contribution in [1.82, 2.24) is 14.9 Å². The average molecular weight is 484 g/mol. The van der Waals surface area contributed by atoms with E-state index < -0.39 is 17.5 Å². The zero-order valence-electron chi connectivity index (χ0n) is 17.0. The van der Waals surface area contributed by atoms with Gasteiger partial charge in [-0.25, -0.2) is 9.78 Å². The Kier molecular flexibility index (Phi) is 7.32. The number of methoxy groups -OCH3 is 2. The highest BCUT2D eigenvalue weighted by molar-refractivity contribution is 7.20. The lowest BCUT2D eigenvalue weighted by Gasteiger charge is -2.17. The predicted molar refractivity (Wildman–Crippen MR) is 119 cm³/mol. The maximum absolute atomic E-state index is 12.8. The summed E-state index contributed by atoms with van der Waals surface area (Å²) < 4.78 is 9.48. The molecule has 0 amide bonds. The molecule has 0 saturated heterocycles. The first-order valence-electron chi connectivity index (χ1n) is 9.06. The van der Waals surface area contributed by atoms with Crippen molar-refractivity contribution < 1.29 is 19.1 Å². The smallest absolute Gasteiger partial charge is 0.348 e. The molecule has 3 rings (SSSR count). The molecule has 31 heavy (non-hydrogen) atoms. The second-order valence-electron chi connectivity index (χ2n) is 6.73. The fourth-order valence-electron chi connectivity index (χ4n) is 3.10. The number of thiophene rings is 1. The van der Waals surface area contributed by atoms with Crippen LogP contribution >= 0.6 is 34.5 Å². The topological polar surface area (TPSA) is 102 Å². The molecule has 0 atom stereocenters. The van der Waals surface area contributed by atoms with Crippen LogP contribution in [0.3, 0.4) is 0 Å². The predicted octanol–water partition coefficient (Wildman–Crippen LogP) is 3.43. The van der Waals surface area contributed by atoms with Gasteiger partial charge >= 0.3 is 11.9 Å². The highest BCUT2D eigenvalue weighted by Crippen LogP contribution is 2.30. The number of aromatic nitrogens is 2. The molecule has 0 saturated carbocycles. The van der Waals surface area contributed by atoms with Gasteiger partial charge in [0.05, 0.1) is 42.6 Å². The molecule has 0 unspecified atom stereocenters. The molecule has 0 bridgehead atoms. The fraction of sp³-hybridized carbons (Fsp3) is 0.300. The Hall–Kier alpha value is -2.46. The Bertz CT molecular complexity index is 1210. The molecule has 0 aliphatic rings. The van der Waals surface area contributed by atoms with Crippen LogP contribution in [0.1, 0.15) is 26.6 Å². The maximum atomic E-state index is 12.8. The van der Waals surface area contributed by atoms with Crippen molar-refractivity contribution in [2.75, 3.05) is 21.3 Å². The van der Waals surface area contributed by atoms with E-state index in [1.807, 2.05) is 24.1 Å². The van der Waals surface area contributed by atoms with Gasteiger partial charge in [0, 0.05) is 12.1 Å². The molecule has 0 radical (unpaired) electrons. The fourth-order valence-corrected chi connectivity index (χ4v) is 4.61. The van der Waals surface area contributed by atoms with Crippen molar-refractivity contribution in [3.63, 3.8) is 0 Å². The van der Waals surface area contributed by atoms with Gasteiger partial charge in [-0.2, -0.15) is 0 Å². The normalized spacial score (nSPS) is 11.2. The monoisotopic (exact) mass is 483 g/mol. The molecule has 2 aromatic heterocycles. The summed E-state index contributed by atoms with van der Waals surface area (Å²) in [5, 5.41) is 1.12. The summed E-state index contributed by atoms with van der Waals surface area (Å²) in [4.78, 5) is 46.4. The van der Waals surface area contributed by atoms with E-state index in [2.05, 4.69) is 14.7 Å². The van der Waals surface area contributed by atoms with Gasteiger partial charge in [0.25, 0.3) is 5.56 Å². The van der Waals surface area contributed by atoms with E-state index in [4.69, 9.17) is 27.9 Å². The molecule has 3 aromatic rings. The van der Waals surface area contributed by atoms with Crippen molar-refractivity contribution in [3.05, 3.63) is 60.4 Å². The number of ether oxygens (including phenoxy) is 2. The van der Waals surface area contributed by atoms with Crippen LogP contribution in [0.5, 0.6) is 0 Å². The van der Waals surface area contributed by atoms with Gasteiger partial charge in [-0.15, -0.1) is 11.3 Å². The Morgan fingerprint density at radius 1 is 1.19 bits per heavy atom. The number of rotatable bonds is 7. The third kappa shape index (κ3) is 5.07. The van der Waals surface area contributed by atoms with Crippen LogP contribution in [-0.4, -0.2) is 48.1 Å². The molecular weight excluding hydrogens is 465 g/mol. The molecule has 2 heterocycles. The molecule has 11 heteroatoms. The van der Waals surface area contributed by atoms with Gasteiger partial charge in [-0.05, 0) is 18.7 Å². The Morgan fingerprint density at radius 3 is 2.61 bits per heavy atom. The summed E-state index contributed by atoms with van der Waals surface area (Å²) in [7, 11) is 4.31. The number of fused-ring (bicyclic) bond motifs is 1. The summed E-state index contributed by atoms with van der Waals surface area (Å²) in [5.74, 6) is -0.817. The zero-order chi connectivity index (χ0) is 22.7. The van der Waals surface area contributed by atoms with Crippen LogP contribution in [0, 0.1) is 0 Å². The van der Waals surface area contributed by atoms with Gasteiger partial charge in [0.2, 0.25) is 0 Å². The molecule has 0 aliphatic carbocycles. The van der Waals surface area contributed by atoms with Crippen LogP contribution in [0.25, 0.3) is 10.2 Å². The summed E-state index contributed by atoms with van der Waals surface area (Å²) >= 11 is 13.3. The summed E-state index contributed by atoms with van der Waals surface area (Å²) in [6.07, 6.45) is -0.238. The van der Waals surface area contributed by atoms with E-state index in [9.17, 15) is 14.4 Å². The highest BCUT2D eigenvalue weighted by Gasteiger charge is 2.25. The molecular formula is C20H19Cl2N3O5S. The number of carbonyl (C=O) groups excluding carboxylic acids is 2. The number of aromatic amines is 1. The first-order valence-corrected chi connectivity index (χ1v) is 10.6. The number of carbonyl (C=O) groups is 2. The van der Waals surface area contributed by atoms with E-state index in [1.165, 1.54) is 14.2 Å². The number of nitrogens with one attached hydrogen (secondary N) is 1. The first kappa shape index (κ1) is 23.2. The number of benzene rings is 1. The van der Waals surface area contributed by atoms with Gasteiger partial charge in [-0.1, -0.05) is 35.3 Å². The minimum atomic E-state index is -0.643. The number of hydrogen-bond donors (Lipinski definition) is 1. The average Bonchev–Trinajstić information content (AvgIpc) is 3.09. The third-order valence-electron chi connectivity index (χ3n) is 4.52. The number of nitrogens with zero attached hydrogens (tertiary/aromatic N) is 2. The zero-order valence-corrected chi connectivity index (χ0v) is 19.3. The van der Waals surface area contributed by atoms with Crippen LogP contribution < -0.4 is 5.56 Å². The minimum absolute atomic E-state index is 0.150. The largest absolute Gasteiger partial charge is 0.469 e. The van der Waals surface area contributed by atoms with E-state index in [-0.39, 0.29) is 22.2 Å². The summed E-state index contributed by atoms with van der Waals surface area (Å²) in [5.41, 5.74) is 0.641. The van der Waals surface area contributed by atoms with Crippen molar-refractivity contribution in [2.45, 2.75) is 19.5 Å². The quantitative estimate of drug-likeness (QED) is 0.513. The molecule has 1 N–H and O–H groups in total. The molecule has 0 aliphatic heterocycles. The number of H-pyrrole nitrogens is 1. The Balaban J connectivity index is 1.94. The van der Waals surface area contributed by atoms with Crippen LogP contribution in [-0.2, 0) is 33.8 Å². The lowest BCUT2D eigenvalue weighted by Crippen LogP contribution is -2.22. The van der Waals surface area contributed by atoms with E-state index >= 15 is 0 Å². The Morgan fingerprint density at radius 2 is 1.94 bits per heavy atom. The van der Waals surface area contributed by atoms with E-state index in [0.717, 1.165) is 16.9 Å². The molecule has 164 valence electrons. The van der Waals surface area contributed by atoms with Gasteiger partial charge in [-0.3, -0.25) is 14.5 Å². The second kappa shape index (κ2) is 9.78. The van der Waals surface area contributed by atoms with Crippen LogP contribution in [0.2, 0.25) is 10.0 Å². The Labute approximate surface area is 191 Å². The second-order valence-corrected chi connectivity index (χ2v) is 8.52. The maximum Gasteiger partial charge on any atom is 0.348 e. The van der Waals surface area contributed by atoms with E-state index in [1.54, 1.807) is 6.07 Å². The van der Waals surface area contributed by atoms with Gasteiger partial charge < -0.3 is 14.5 Å². The summed E-state index contributed by atoms with van der Waals surface area (Å²) in [6, 6.07) is 5.39. The van der Waals surface area contributed by atoms with Gasteiger partial charge in [0.15, 0.2) is 0 Å². The van der Waals surface area contributed by atoms with Gasteiger partial charge in [0.1, 0.15) is 15.5 Å². The van der Waals surface area contributed by atoms with E-state index in [0.29, 0.717) is 33.8 Å². The summed E-state index contributed by atoms with van der Waals surface area (Å²) in [6.45, 7) is 0.790. The number of hydrogen-bond acceptors (Lipinski definition) is 8. The van der Waals surface area contributed by atoms with Crippen LogP contribution in [0.15, 0.2) is 23.0 Å². The van der Waals surface area contributed by atoms with Crippen molar-refractivity contribution >= 4 is 56.7 Å². The lowest BCUT2D eigenvalue weighted by molar-refractivity contribution is -0.139. The molecule has 0 spiro atoms. The van der Waals surface area contributed by atoms with Crippen LogP contribution in [0.4, 0.5) is 0 Å². The van der Waals surface area contributed by atoms with Crippen molar-refractivity contribution in [2.24, 2.45) is 0 Å². The molecule has 8 nitrogen and oxygen atoms in total. The third-order valence-corrected chi connectivity index (χ3v) is 6.48.